The summed E-state index contributed by atoms with van der Waals surface area (Å²) in [6.45, 7) is 14.3. The minimum absolute atomic E-state index is 0.00306. The van der Waals surface area contributed by atoms with Crippen molar-refractivity contribution in [2.45, 2.75) is 186 Å². The molecule has 0 aromatic heterocycles. The van der Waals surface area contributed by atoms with Gasteiger partial charge in [0.25, 0.3) is 11.7 Å². The number of nitrogens with one attached hydrogen (secondary N) is 1. The number of hydrogen-bond donors (Lipinski definition) is 5. The van der Waals surface area contributed by atoms with Crippen molar-refractivity contribution in [3.8, 4) is 0 Å². The number of esters is 1. The number of ether oxygens (including phenoxy) is 6. The van der Waals surface area contributed by atoms with Crippen LogP contribution in [-0.2, 0) is 52.4 Å². The lowest BCUT2D eigenvalue weighted by atomic mass is 9.78. The number of ketones is 3. The highest BCUT2D eigenvalue weighted by atomic mass is 16.6. The van der Waals surface area contributed by atoms with Crippen molar-refractivity contribution < 1.29 is 77.6 Å². The molecule has 0 aromatic rings. The lowest BCUT2D eigenvalue weighted by molar-refractivity contribution is -0.265. The van der Waals surface area contributed by atoms with Crippen molar-refractivity contribution in [1.29, 1.82) is 0 Å². The summed E-state index contributed by atoms with van der Waals surface area (Å²) in [7, 11) is 4.49. The fraction of sp³-hybridized carbons (Fsp3) is 0.763. The van der Waals surface area contributed by atoms with Gasteiger partial charge < -0.3 is 59.1 Å². The molecule has 19 heteroatoms. The van der Waals surface area contributed by atoms with Gasteiger partial charge in [-0.25, -0.2) is 9.59 Å². The number of hydrogen-bond acceptors (Lipinski definition) is 17. The SMILES string of the molecule is CO[C@H]1C[C@@H]2CC[C@@H](C)[C@@](O)(O2)C(=O)C(=O)N2CCCC[C@H]2C(=O)O[C@H]([C@H](C)CC2CC[C@H](OC(=O)NCCCN(CCO)CCO)[C@@H](OC)C2)CC(=O)[C@H](C)/C=C(\C)[C@@H](O)[C@@H](OC)C(=O)[C@H](C)C[C@H](C)/C=C/C=C/C=C/1C. The Balaban J connectivity index is 1.62. The smallest absolute Gasteiger partial charge is 0.407 e. The molecule has 15 atom stereocenters. The van der Waals surface area contributed by atoms with Crippen LogP contribution in [0.1, 0.15) is 132 Å². The average Bonchev–Trinajstić information content (AvgIpc) is 3.41. The summed E-state index contributed by atoms with van der Waals surface area (Å²) in [6.07, 6.45) is 10.3. The molecule has 2 amide bonds. The largest absolute Gasteiger partial charge is 0.460 e. The molecule has 0 radical (unpaired) electrons. The van der Waals surface area contributed by atoms with E-state index in [0.717, 1.165) is 5.57 Å². The lowest BCUT2D eigenvalue weighted by Crippen LogP contribution is -2.61. The van der Waals surface area contributed by atoms with E-state index in [4.69, 9.17) is 28.4 Å². The third kappa shape index (κ3) is 19.2. The van der Waals surface area contributed by atoms with Gasteiger partial charge in [-0.3, -0.25) is 24.1 Å². The van der Waals surface area contributed by atoms with Gasteiger partial charge in [0, 0.05) is 78.1 Å². The van der Waals surface area contributed by atoms with Gasteiger partial charge in [0.15, 0.2) is 5.78 Å². The van der Waals surface area contributed by atoms with E-state index >= 15 is 0 Å². The number of Topliss-reactive ketones (excluding diaryl/α,β-unsaturated/α-hetero) is 3. The second-order valence-corrected chi connectivity index (χ2v) is 22.5. The molecule has 3 aliphatic heterocycles. The van der Waals surface area contributed by atoms with Crippen molar-refractivity contribution in [1.82, 2.24) is 15.1 Å². The zero-order valence-electron chi connectivity index (χ0n) is 48.3. The fourth-order valence-corrected chi connectivity index (χ4v) is 11.5. The summed E-state index contributed by atoms with van der Waals surface area (Å²) in [5.74, 6) is -8.48. The standard InChI is InChI=1S/C59H95N3O16/c1-37-17-12-11-13-18-38(2)49(73-8)35-45-22-20-43(7)59(72,78-45)55(68)56(69)62-26-15-14-19-46(62)57(70)76-50(36-47(65)39(3)32-42(6)53(67)54(75-10)52(66)41(5)31-37)40(4)33-44-21-23-48(51(34-44)74-9)77-58(71)60-24-16-25-61(27-29-63)28-30-64/h11-13,17-18,32,37,39-41,43-46,48-51,53-54,63-64,67,72H,14-16,19-31,33-36H2,1-10H3,(H,60,71)/b13-11+,17-12+,38-18+,42-32+/t37-,39-,40-,41-,43-,44?,45+,46+,48+,49+,50+,51+,53-,54+,59-/m1/s1. The van der Waals surface area contributed by atoms with Gasteiger partial charge in [0.05, 0.1) is 31.5 Å². The van der Waals surface area contributed by atoms with Crippen molar-refractivity contribution in [2.75, 3.05) is 67.3 Å². The van der Waals surface area contributed by atoms with E-state index in [2.05, 4.69) is 5.32 Å². The van der Waals surface area contributed by atoms with Crippen LogP contribution in [-0.4, -0.2) is 187 Å². The molecular formula is C59H95N3O16. The summed E-state index contributed by atoms with van der Waals surface area (Å²) in [4.78, 5) is 87.5. The van der Waals surface area contributed by atoms with E-state index < -0.39 is 102 Å². The Morgan fingerprint density at radius 3 is 2.24 bits per heavy atom. The summed E-state index contributed by atoms with van der Waals surface area (Å²) >= 11 is 0. The first-order chi connectivity index (χ1) is 37.1. The summed E-state index contributed by atoms with van der Waals surface area (Å²) in [6, 6.07) is -1.19. The Hall–Kier alpha value is -4.18. The number of carbonyl (C=O) groups excluding carboxylic acids is 6. The number of cyclic esters (lactones) is 1. The molecule has 2 bridgehead atoms. The molecule has 4 rings (SSSR count). The van der Waals surface area contributed by atoms with Gasteiger partial charge in [0.2, 0.25) is 5.79 Å². The molecule has 2 saturated heterocycles. The van der Waals surface area contributed by atoms with Crippen LogP contribution >= 0.6 is 0 Å². The van der Waals surface area contributed by atoms with Gasteiger partial charge in [-0.05, 0) is 120 Å². The Bertz CT molecular complexity index is 2070. The second kappa shape index (κ2) is 32.9. The maximum Gasteiger partial charge on any atom is 0.407 e. The molecule has 0 spiro atoms. The number of fused-ring (bicyclic) bond motifs is 3. The third-order valence-electron chi connectivity index (χ3n) is 16.5. The van der Waals surface area contributed by atoms with E-state index in [-0.39, 0.29) is 56.0 Å². The van der Waals surface area contributed by atoms with E-state index in [1.54, 1.807) is 48.0 Å². The molecule has 1 aliphatic carbocycles. The minimum Gasteiger partial charge on any atom is -0.460 e. The summed E-state index contributed by atoms with van der Waals surface area (Å²) in [5, 5.41) is 45.0. The Kier molecular flexibility index (Phi) is 28.0. The highest BCUT2D eigenvalue weighted by Crippen LogP contribution is 2.38. The molecule has 78 heavy (non-hydrogen) atoms. The molecular weight excluding hydrogens is 1010 g/mol. The van der Waals surface area contributed by atoms with Crippen LogP contribution in [0.2, 0.25) is 0 Å². The zero-order valence-corrected chi connectivity index (χ0v) is 48.3. The predicted molar refractivity (Wildman–Crippen MR) is 293 cm³/mol. The topological polar surface area (TPSA) is 257 Å². The van der Waals surface area contributed by atoms with Crippen LogP contribution in [0.4, 0.5) is 4.79 Å². The molecule has 442 valence electrons. The third-order valence-corrected chi connectivity index (χ3v) is 16.5. The van der Waals surface area contributed by atoms with E-state index in [1.807, 2.05) is 56.1 Å². The number of allylic oxidation sites excluding steroid dienone is 6. The van der Waals surface area contributed by atoms with E-state index in [1.165, 1.54) is 12.0 Å². The molecule has 19 nitrogen and oxygen atoms in total. The number of aliphatic hydroxyl groups excluding tert-OH is 3. The van der Waals surface area contributed by atoms with Crippen molar-refractivity contribution >= 4 is 35.3 Å². The van der Waals surface area contributed by atoms with Gasteiger partial charge in [-0.2, -0.15) is 0 Å². The molecule has 3 heterocycles. The first-order valence-corrected chi connectivity index (χ1v) is 28.5. The van der Waals surface area contributed by atoms with E-state index in [9.17, 15) is 49.2 Å². The normalized spacial score (nSPS) is 35.6. The van der Waals surface area contributed by atoms with Crippen molar-refractivity contribution in [3.05, 3.63) is 47.6 Å². The number of rotatable bonds is 15. The van der Waals surface area contributed by atoms with Crippen LogP contribution in [0.5, 0.6) is 0 Å². The number of aliphatic hydroxyl groups is 4. The Morgan fingerprint density at radius 1 is 0.859 bits per heavy atom. The fourth-order valence-electron chi connectivity index (χ4n) is 11.5. The number of piperidine rings is 1. The molecule has 4 aliphatic rings. The van der Waals surface area contributed by atoms with Crippen molar-refractivity contribution in [3.63, 3.8) is 0 Å². The Labute approximate surface area is 463 Å². The van der Waals surface area contributed by atoms with E-state index in [0.29, 0.717) is 102 Å². The van der Waals surface area contributed by atoms with Crippen molar-refractivity contribution in [2.24, 2.45) is 35.5 Å². The van der Waals surface area contributed by atoms with Gasteiger partial charge in [-0.1, -0.05) is 71.1 Å². The maximum atomic E-state index is 14.6. The lowest BCUT2D eigenvalue weighted by Gasteiger charge is -2.42. The molecule has 1 saturated carbocycles. The molecule has 5 N–H and O–H groups in total. The first-order valence-electron chi connectivity index (χ1n) is 28.5. The average molecular weight is 1100 g/mol. The van der Waals surface area contributed by atoms with Crippen LogP contribution < -0.4 is 5.32 Å². The molecule has 3 fully saturated rings. The first kappa shape index (κ1) is 66.3. The number of amides is 2. The van der Waals surface area contributed by atoms with Crippen LogP contribution in [0.3, 0.4) is 0 Å². The van der Waals surface area contributed by atoms with Gasteiger partial charge >= 0.3 is 12.1 Å². The summed E-state index contributed by atoms with van der Waals surface area (Å²) in [5.41, 5.74) is 1.22. The number of nitrogens with zero attached hydrogens (tertiary/aromatic N) is 2. The van der Waals surface area contributed by atoms with Crippen LogP contribution in [0, 0.1) is 35.5 Å². The highest BCUT2D eigenvalue weighted by molar-refractivity contribution is 6.39. The van der Waals surface area contributed by atoms with Crippen LogP contribution in [0.25, 0.3) is 0 Å². The zero-order chi connectivity index (χ0) is 57.7. The summed E-state index contributed by atoms with van der Waals surface area (Å²) < 4.78 is 35.7. The van der Waals surface area contributed by atoms with Gasteiger partial charge in [-0.15, -0.1) is 0 Å². The number of methoxy groups -OCH3 is 3. The highest BCUT2D eigenvalue weighted by Gasteiger charge is 2.53. The monoisotopic (exact) mass is 1100 g/mol. The maximum absolute atomic E-state index is 14.6. The van der Waals surface area contributed by atoms with Gasteiger partial charge in [0.1, 0.15) is 36.2 Å². The second-order valence-electron chi connectivity index (χ2n) is 22.5. The number of alkyl carbamates (subject to hydrolysis) is 1. The number of carbonyl (C=O) groups is 6. The molecule has 1 unspecified atom stereocenters. The molecule has 0 aromatic carbocycles. The predicted octanol–water partition coefficient (Wildman–Crippen LogP) is 5.59. The van der Waals surface area contributed by atoms with Crippen LogP contribution in [0.15, 0.2) is 47.6 Å². The minimum atomic E-state index is -2.47. The quantitative estimate of drug-likeness (QED) is 0.0580. The Morgan fingerprint density at radius 2 is 1.58 bits per heavy atom.